The van der Waals surface area contributed by atoms with Crippen LogP contribution in [0.1, 0.15) is 5.56 Å². The van der Waals surface area contributed by atoms with Gasteiger partial charge in [0.15, 0.2) is 4.34 Å². The number of nitrogens with one attached hydrogen (secondary N) is 1. The van der Waals surface area contributed by atoms with Crippen LogP contribution in [0, 0.1) is 5.82 Å². The van der Waals surface area contributed by atoms with Crippen molar-refractivity contribution in [1.82, 2.24) is 10.2 Å². The molecular formula is C22H20FN3O2S2. The fourth-order valence-electron chi connectivity index (χ4n) is 2.78. The molecule has 1 atom stereocenters. The SMILES string of the molecule is OC(COc1ccc2ccccc2c1)CSc1nnc(NCc2ccc(F)cc2)s1. The van der Waals surface area contributed by atoms with Gasteiger partial charge in [0.25, 0.3) is 0 Å². The number of aromatic nitrogens is 2. The van der Waals surface area contributed by atoms with E-state index in [1.54, 1.807) is 12.1 Å². The van der Waals surface area contributed by atoms with Gasteiger partial charge in [-0.15, -0.1) is 10.2 Å². The van der Waals surface area contributed by atoms with E-state index >= 15 is 0 Å². The van der Waals surface area contributed by atoms with E-state index < -0.39 is 6.10 Å². The molecule has 2 N–H and O–H groups in total. The van der Waals surface area contributed by atoms with Crippen molar-refractivity contribution in [2.45, 2.75) is 17.0 Å². The van der Waals surface area contributed by atoms with Crippen LogP contribution < -0.4 is 10.1 Å². The molecule has 0 spiro atoms. The van der Waals surface area contributed by atoms with Crippen molar-refractivity contribution in [2.24, 2.45) is 0 Å². The van der Waals surface area contributed by atoms with Crippen LogP contribution in [0.25, 0.3) is 10.8 Å². The topological polar surface area (TPSA) is 67.3 Å². The van der Waals surface area contributed by atoms with Crippen LogP contribution in [0.3, 0.4) is 0 Å². The summed E-state index contributed by atoms with van der Waals surface area (Å²) < 4.78 is 19.4. The molecule has 0 saturated carbocycles. The standard InChI is InChI=1S/C22H20FN3O2S2/c23-18-8-5-15(6-9-18)12-24-21-25-26-22(30-21)29-14-19(27)13-28-20-10-7-16-3-1-2-4-17(16)11-20/h1-11,19,27H,12-14H2,(H,24,25). The van der Waals surface area contributed by atoms with Gasteiger partial charge in [-0.1, -0.05) is 65.6 Å². The first-order valence-electron chi connectivity index (χ1n) is 9.40. The maximum atomic E-state index is 12.9. The molecule has 4 aromatic rings. The van der Waals surface area contributed by atoms with Crippen molar-refractivity contribution >= 4 is 39.0 Å². The fraction of sp³-hybridized carbons (Fsp3) is 0.182. The van der Waals surface area contributed by atoms with Gasteiger partial charge in [0, 0.05) is 12.3 Å². The Morgan fingerprint density at radius 1 is 1.03 bits per heavy atom. The molecule has 0 bridgehead atoms. The highest BCUT2D eigenvalue weighted by Crippen LogP contribution is 2.27. The molecule has 1 unspecified atom stereocenters. The number of hydrogen-bond acceptors (Lipinski definition) is 7. The van der Waals surface area contributed by atoms with E-state index in [1.165, 1.54) is 35.2 Å². The number of nitrogens with zero attached hydrogens (tertiary/aromatic N) is 2. The van der Waals surface area contributed by atoms with Gasteiger partial charge >= 0.3 is 0 Å². The second kappa shape index (κ2) is 9.88. The van der Waals surface area contributed by atoms with Crippen LogP contribution >= 0.6 is 23.1 Å². The Morgan fingerprint density at radius 2 is 1.83 bits per heavy atom. The Morgan fingerprint density at radius 3 is 2.67 bits per heavy atom. The summed E-state index contributed by atoms with van der Waals surface area (Å²) in [5.74, 6) is 0.942. The Hall–Kier alpha value is -2.68. The lowest BCUT2D eigenvalue weighted by molar-refractivity contribution is 0.126. The zero-order valence-electron chi connectivity index (χ0n) is 16.0. The van der Waals surface area contributed by atoms with E-state index in [0.29, 0.717) is 17.4 Å². The summed E-state index contributed by atoms with van der Waals surface area (Å²) in [4.78, 5) is 0. The predicted molar refractivity (Wildman–Crippen MR) is 120 cm³/mol. The molecule has 30 heavy (non-hydrogen) atoms. The number of aliphatic hydroxyl groups is 1. The first-order valence-corrected chi connectivity index (χ1v) is 11.2. The highest BCUT2D eigenvalue weighted by Gasteiger charge is 2.10. The van der Waals surface area contributed by atoms with Gasteiger partial charge < -0.3 is 15.2 Å². The molecule has 0 aliphatic rings. The molecule has 1 heterocycles. The summed E-state index contributed by atoms with van der Waals surface area (Å²) in [7, 11) is 0. The number of halogens is 1. The molecular weight excluding hydrogens is 421 g/mol. The highest BCUT2D eigenvalue weighted by atomic mass is 32.2. The normalized spacial score (nSPS) is 12.1. The van der Waals surface area contributed by atoms with Gasteiger partial charge in [-0.25, -0.2) is 4.39 Å². The maximum Gasteiger partial charge on any atom is 0.206 e. The van der Waals surface area contributed by atoms with Gasteiger partial charge in [-0.2, -0.15) is 0 Å². The Balaban J connectivity index is 1.21. The quantitative estimate of drug-likeness (QED) is 0.357. The van der Waals surface area contributed by atoms with Crippen molar-refractivity contribution in [3.05, 3.63) is 78.1 Å². The number of aliphatic hydroxyl groups excluding tert-OH is 1. The average Bonchev–Trinajstić information content (AvgIpc) is 3.23. The first kappa shape index (κ1) is 20.6. The molecule has 0 radical (unpaired) electrons. The molecule has 1 aromatic heterocycles. The monoisotopic (exact) mass is 441 g/mol. The van der Waals surface area contributed by atoms with Crippen molar-refractivity contribution in [1.29, 1.82) is 0 Å². The van der Waals surface area contributed by atoms with Crippen molar-refractivity contribution in [3.8, 4) is 5.75 Å². The molecule has 0 aliphatic carbocycles. The van der Waals surface area contributed by atoms with E-state index in [9.17, 15) is 9.50 Å². The van der Waals surface area contributed by atoms with E-state index in [2.05, 4.69) is 21.6 Å². The molecule has 0 saturated heterocycles. The second-order valence-corrected chi connectivity index (χ2v) is 8.88. The molecule has 0 fully saturated rings. The van der Waals surface area contributed by atoms with Gasteiger partial charge in [0.1, 0.15) is 18.2 Å². The number of hydrogen-bond donors (Lipinski definition) is 2. The lowest BCUT2D eigenvalue weighted by Gasteiger charge is -2.11. The van der Waals surface area contributed by atoms with E-state index in [1.807, 2.05) is 36.4 Å². The number of rotatable bonds is 9. The Bertz CT molecular complexity index is 1100. The minimum atomic E-state index is -0.624. The third-order valence-electron chi connectivity index (χ3n) is 4.33. The van der Waals surface area contributed by atoms with Crippen LogP contribution in [0.15, 0.2) is 71.1 Å². The van der Waals surface area contributed by atoms with Gasteiger partial charge in [-0.05, 0) is 40.6 Å². The molecule has 3 aromatic carbocycles. The number of benzene rings is 3. The minimum Gasteiger partial charge on any atom is -0.491 e. The summed E-state index contributed by atoms with van der Waals surface area (Å²) >= 11 is 2.85. The summed E-state index contributed by atoms with van der Waals surface area (Å²) in [5, 5.41) is 24.6. The van der Waals surface area contributed by atoms with Gasteiger partial charge in [-0.3, -0.25) is 0 Å². The van der Waals surface area contributed by atoms with E-state index in [0.717, 1.165) is 26.4 Å². The highest BCUT2D eigenvalue weighted by molar-refractivity contribution is 8.01. The lowest BCUT2D eigenvalue weighted by atomic mass is 10.1. The average molecular weight is 442 g/mol. The lowest BCUT2D eigenvalue weighted by Crippen LogP contribution is -2.20. The van der Waals surface area contributed by atoms with Crippen LogP contribution in [0.5, 0.6) is 5.75 Å². The van der Waals surface area contributed by atoms with Gasteiger partial charge in [0.05, 0.1) is 6.10 Å². The Labute approximate surface area is 181 Å². The smallest absolute Gasteiger partial charge is 0.206 e. The molecule has 5 nitrogen and oxygen atoms in total. The number of anilines is 1. The van der Waals surface area contributed by atoms with E-state index in [-0.39, 0.29) is 12.4 Å². The zero-order valence-corrected chi connectivity index (χ0v) is 17.6. The third kappa shape index (κ3) is 5.69. The van der Waals surface area contributed by atoms with Crippen molar-refractivity contribution in [3.63, 3.8) is 0 Å². The Kier molecular flexibility index (Phi) is 6.78. The number of thioether (sulfide) groups is 1. The number of fused-ring (bicyclic) bond motifs is 1. The summed E-state index contributed by atoms with van der Waals surface area (Å²) in [6.07, 6.45) is -0.624. The molecule has 4 rings (SSSR count). The predicted octanol–water partition coefficient (Wildman–Crippen LogP) is 4.97. The molecule has 0 aliphatic heterocycles. The van der Waals surface area contributed by atoms with Gasteiger partial charge in [0.2, 0.25) is 5.13 Å². The van der Waals surface area contributed by atoms with Crippen molar-refractivity contribution in [2.75, 3.05) is 17.7 Å². The first-order chi connectivity index (χ1) is 14.7. The molecule has 154 valence electrons. The van der Waals surface area contributed by atoms with Crippen LogP contribution in [0.4, 0.5) is 9.52 Å². The summed E-state index contributed by atoms with van der Waals surface area (Å²) in [5.41, 5.74) is 0.960. The second-order valence-electron chi connectivity index (χ2n) is 6.64. The summed E-state index contributed by atoms with van der Waals surface area (Å²) in [6, 6.07) is 20.3. The number of ether oxygens (including phenoxy) is 1. The third-order valence-corrected chi connectivity index (χ3v) is 6.49. The van der Waals surface area contributed by atoms with Crippen molar-refractivity contribution < 1.29 is 14.2 Å². The summed E-state index contributed by atoms with van der Waals surface area (Å²) in [6.45, 7) is 0.752. The molecule has 0 amide bonds. The van der Waals surface area contributed by atoms with Crippen LogP contribution in [-0.4, -0.2) is 33.8 Å². The maximum absolute atomic E-state index is 12.9. The van der Waals surface area contributed by atoms with Crippen LogP contribution in [-0.2, 0) is 6.54 Å². The van der Waals surface area contributed by atoms with Crippen LogP contribution in [0.2, 0.25) is 0 Å². The molecule has 8 heteroatoms. The largest absolute Gasteiger partial charge is 0.491 e. The minimum absolute atomic E-state index is 0.208. The fourth-order valence-corrected chi connectivity index (χ4v) is 4.46. The van der Waals surface area contributed by atoms with E-state index in [4.69, 9.17) is 4.74 Å². The zero-order chi connectivity index (χ0) is 20.8.